The monoisotopic (exact) mass is 486 g/mol. The van der Waals surface area contributed by atoms with E-state index >= 15 is 0 Å². The summed E-state index contributed by atoms with van der Waals surface area (Å²) in [7, 11) is 0. The minimum absolute atomic E-state index is 0. The molecule has 0 aliphatic rings. The van der Waals surface area contributed by atoms with Crippen molar-refractivity contribution in [3.05, 3.63) is 47.3 Å². The number of hydrogen-bond acceptors (Lipinski definition) is 8. The largest absolute Gasteiger partial charge is 4.00 e. The van der Waals surface area contributed by atoms with Crippen LogP contribution in [0.2, 0.25) is 0 Å². The summed E-state index contributed by atoms with van der Waals surface area (Å²) in [5, 5.41) is 39.9. The van der Waals surface area contributed by atoms with Crippen molar-refractivity contribution >= 4 is 23.1 Å². The van der Waals surface area contributed by atoms with Gasteiger partial charge in [0.1, 0.15) is 0 Å². The first-order chi connectivity index (χ1) is 12.5. The fourth-order valence-corrected chi connectivity index (χ4v) is 1.14. The van der Waals surface area contributed by atoms with Crippen LogP contribution in [0.5, 0.6) is 0 Å². The number of ketones is 4. The number of hydrogen-bond donors (Lipinski definition) is 0. The molecule has 0 bridgehead atoms. The Hall–Kier alpha value is -2.28. The van der Waals surface area contributed by atoms with Crippen LogP contribution in [0.1, 0.15) is 55.4 Å². The van der Waals surface area contributed by atoms with E-state index < -0.39 is 0 Å². The molecule has 160 valence electrons. The number of allylic oxidation sites excluding steroid dienone is 8. The zero-order chi connectivity index (χ0) is 23.4. The summed E-state index contributed by atoms with van der Waals surface area (Å²) in [6, 6.07) is 0. The average Bonchev–Trinajstić information content (AvgIpc) is 2.32. The molecule has 0 N–H and O–H groups in total. The van der Waals surface area contributed by atoms with E-state index in [-0.39, 0.29) is 72.4 Å². The van der Waals surface area contributed by atoms with Gasteiger partial charge in [0.25, 0.3) is 0 Å². The van der Waals surface area contributed by atoms with Gasteiger partial charge in [0.2, 0.25) is 0 Å². The van der Waals surface area contributed by atoms with E-state index in [2.05, 4.69) is 0 Å². The molecule has 0 saturated carbocycles. The normalized spacial score (nSPS) is 11.0. The van der Waals surface area contributed by atoms with Crippen LogP contribution in [0, 0.1) is 0 Å². The van der Waals surface area contributed by atoms with E-state index in [4.69, 9.17) is 0 Å². The Labute approximate surface area is 191 Å². The van der Waals surface area contributed by atoms with Crippen LogP contribution in [-0.2, 0) is 45.4 Å². The molecule has 0 rings (SSSR count). The molecular weight excluding hydrogens is 459 g/mol. The SMILES string of the molecule is CC(=O)/C=C(\C)[O-].CC(=O)/C=C(\C)[O-].CC(=O)/C=C(\C)[O-].CC(=O)/C=C(\C)[O-].[Zr+4]. The predicted octanol–water partition coefficient (Wildman–Crippen LogP) is -0.644. The molecule has 9 heteroatoms. The van der Waals surface area contributed by atoms with Crippen molar-refractivity contribution < 1.29 is 65.8 Å². The summed E-state index contributed by atoms with van der Waals surface area (Å²) in [5.74, 6) is -1.50. The van der Waals surface area contributed by atoms with Crippen molar-refractivity contribution in [2.75, 3.05) is 0 Å². The minimum Gasteiger partial charge on any atom is -0.876 e. The Balaban J connectivity index is -0.0000000873. The fourth-order valence-electron chi connectivity index (χ4n) is 1.14. The van der Waals surface area contributed by atoms with E-state index in [0.717, 1.165) is 24.3 Å². The van der Waals surface area contributed by atoms with Crippen LogP contribution >= 0.6 is 0 Å². The Kier molecular flexibility index (Phi) is 30.7. The maximum absolute atomic E-state index is 9.98. The first-order valence-corrected chi connectivity index (χ1v) is 7.94. The van der Waals surface area contributed by atoms with Crippen molar-refractivity contribution in [3.8, 4) is 0 Å². The molecule has 0 aromatic heterocycles. The maximum Gasteiger partial charge on any atom is 4.00 e. The van der Waals surface area contributed by atoms with Gasteiger partial charge in [-0.15, -0.1) is 23.0 Å². The zero-order valence-corrected chi connectivity index (χ0v) is 20.5. The second-order valence-corrected chi connectivity index (χ2v) is 5.46. The van der Waals surface area contributed by atoms with E-state index in [1.807, 2.05) is 0 Å². The van der Waals surface area contributed by atoms with Crippen molar-refractivity contribution in [2.24, 2.45) is 0 Å². The van der Waals surface area contributed by atoms with Gasteiger partial charge in [-0.3, -0.25) is 19.2 Å². The topological polar surface area (TPSA) is 161 Å². The molecule has 0 unspecified atom stereocenters. The molecule has 0 aromatic carbocycles. The molecule has 0 aliphatic heterocycles. The third-order valence-electron chi connectivity index (χ3n) is 1.63. The molecule has 0 aromatic rings. The molecule has 0 fully saturated rings. The Bertz CT molecular complexity index is 513. The summed E-state index contributed by atoms with van der Waals surface area (Å²) in [5.41, 5.74) is 0. The first kappa shape index (κ1) is 37.5. The first-order valence-electron chi connectivity index (χ1n) is 7.94. The predicted molar refractivity (Wildman–Crippen MR) is 97.8 cm³/mol. The van der Waals surface area contributed by atoms with Crippen LogP contribution < -0.4 is 20.4 Å². The molecule has 0 aliphatic carbocycles. The van der Waals surface area contributed by atoms with Gasteiger partial charge in [-0.2, -0.15) is 0 Å². The van der Waals surface area contributed by atoms with Crippen molar-refractivity contribution in [1.29, 1.82) is 0 Å². The van der Waals surface area contributed by atoms with Crippen molar-refractivity contribution in [1.82, 2.24) is 0 Å². The van der Waals surface area contributed by atoms with Crippen molar-refractivity contribution in [3.63, 3.8) is 0 Å². The Morgan fingerprint density at radius 1 is 0.414 bits per heavy atom. The summed E-state index contributed by atoms with van der Waals surface area (Å²) < 4.78 is 0. The number of rotatable bonds is 4. The third kappa shape index (κ3) is 76.9. The molecule has 0 spiro atoms. The standard InChI is InChI=1S/4C5H8O2.Zr/c4*1-4(6)3-5(2)7;/h4*3,6H,1-2H3;/q;;;;+4/p-4/b4*4-3+;. The Morgan fingerprint density at radius 2 is 0.517 bits per heavy atom. The number of carbonyl (C=O) groups excluding carboxylic acids is 4. The zero-order valence-electron chi connectivity index (χ0n) is 18.1. The van der Waals surface area contributed by atoms with Gasteiger partial charge < -0.3 is 20.4 Å². The van der Waals surface area contributed by atoms with Crippen LogP contribution in [0.3, 0.4) is 0 Å². The summed E-state index contributed by atoms with van der Waals surface area (Å²) >= 11 is 0. The molecule has 29 heavy (non-hydrogen) atoms. The third-order valence-corrected chi connectivity index (χ3v) is 1.63. The van der Waals surface area contributed by atoms with Gasteiger partial charge in [0, 0.05) is 0 Å². The van der Waals surface area contributed by atoms with Gasteiger partial charge in [-0.05, 0) is 52.0 Å². The minimum atomic E-state index is -0.187. The summed E-state index contributed by atoms with van der Waals surface area (Å²) in [6.07, 6.45) is 4.22. The Morgan fingerprint density at radius 3 is 0.517 bits per heavy atom. The quantitative estimate of drug-likeness (QED) is 0.373. The van der Waals surface area contributed by atoms with E-state index in [0.29, 0.717) is 0 Å². The summed E-state index contributed by atoms with van der Waals surface area (Å²) in [6.45, 7) is 10.8. The van der Waals surface area contributed by atoms with Gasteiger partial charge in [0.05, 0.1) is 0 Å². The molecule has 0 amide bonds. The maximum atomic E-state index is 9.98. The van der Waals surface area contributed by atoms with E-state index in [1.54, 1.807) is 0 Å². The van der Waals surface area contributed by atoms with Crippen LogP contribution in [0.25, 0.3) is 0 Å². The fraction of sp³-hybridized carbons (Fsp3) is 0.400. The van der Waals surface area contributed by atoms with Gasteiger partial charge in [0.15, 0.2) is 23.1 Å². The van der Waals surface area contributed by atoms with E-state index in [1.165, 1.54) is 55.4 Å². The van der Waals surface area contributed by atoms with Crippen LogP contribution in [-0.4, -0.2) is 23.1 Å². The molecule has 0 radical (unpaired) electrons. The van der Waals surface area contributed by atoms with Crippen LogP contribution in [0.4, 0.5) is 0 Å². The van der Waals surface area contributed by atoms with Gasteiger partial charge >= 0.3 is 26.2 Å². The second-order valence-electron chi connectivity index (χ2n) is 5.46. The summed E-state index contributed by atoms with van der Waals surface area (Å²) in [4.78, 5) is 39.9. The smallest absolute Gasteiger partial charge is 0.876 e. The number of carbonyl (C=O) groups is 4. The molecule has 0 atom stereocenters. The van der Waals surface area contributed by atoms with Gasteiger partial charge in [-0.25, -0.2) is 0 Å². The van der Waals surface area contributed by atoms with Crippen molar-refractivity contribution in [2.45, 2.75) is 55.4 Å². The van der Waals surface area contributed by atoms with Gasteiger partial charge in [-0.1, -0.05) is 27.7 Å². The van der Waals surface area contributed by atoms with Crippen LogP contribution in [0.15, 0.2) is 47.3 Å². The second kappa shape index (κ2) is 23.8. The molecule has 0 heterocycles. The van der Waals surface area contributed by atoms with E-state index in [9.17, 15) is 39.6 Å². The average molecular weight is 488 g/mol. The molecule has 0 saturated heterocycles. The molecular formula is C20H28O8Zr. The molecule has 8 nitrogen and oxygen atoms in total.